The van der Waals surface area contributed by atoms with Gasteiger partial charge in [0.15, 0.2) is 6.04 Å². The molecule has 0 spiro atoms. The molecule has 0 saturated heterocycles. The number of nitrogens with one attached hydrogen (secondary N) is 2. The highest BCUT2D eigenvalue weighted by molar-refractivity contribution is 5.90. The smallest absolute Gasteiger partial charge is 0.328 e. The number of carbonyl (C=O) groups excluding carboxylic acids is 2. The van der Waals surface area contributed by atoms with Gasteiger partial charge in [0.25, 0.3) is 0 Å². The topological polar surface area (TPSA) is 142 Å². The lowest BCUT2D eigenvalue weighted by atomic mass is 10.0. The third kappa shape index (κ3) is 6.48. The molecule has 0 bridgehead atoms. The van der Waals surface area contributed by atoms with Gasteiger partial charge in [-0.2, -0.15) is 0 Å². The maximum Gasteiger partial charge on any atom is 0.328 e. The normalized spacial score (nSPS) is 15.3. The van der Waals surface area contributed by atoms with E-state index < -0.39 is 36.0 Å². The fourth-order valence-corrected chi connectivity index (χ4v) is 1.60. The third-order valence-corrected chi connectivity index (χ3v) is 2.59. The van der Waals surface area contributed by atoms with E-state index in [-0.39, 0.29) is 12.5 Å². The van der Waals surface area contributed by atoms with E-state index in [1.807, 2.05) is 13.8 Å². The average Bonchev–Trinajstić information content (AvgIpc) is 2.33. The van der Waals surface area contributed by atoms with Crippen molar-refractivity contribution in [2.24, 2.45) is 11.7 Å². The molecule has 0 aromatic heterocycles. The lowest BCUT2D eigenvalue weighted by Gasteiger charge is -2.23. The Kier molecular flexibility index (Phi) is 7.78. The molecule has 0 aromatic carbocycles. The molecule has 0 unspecified atom stereocenters. The summed E-state index contributed by atoms with van der Waals surface area (Å²) in [6, 6.07) is -2.31. The highest BCUT2D eigenvalue weighted by atomic mass is 16.4. The van der Waals surface area contributed by atoms with Crippen molar-refractivity contribution >= 4 is 17.8 Å². The summed E-state index contributed by atoms with van der Waals surface area (Å²) in [5.74, 6) is -2.40. The van der Waals surface area contributed by atoms with Gasteiger partial charge in [-0.25, -0.2) is 4.79 Å². The number of hydrogen-bond acceptors (Lipinski definition) is 5. The molecule has 8 nitrogen and oxygen atoms in total. The number of carbonyl (C=O) groups is 3. The molecule has 0 rings (SSSR count). The van der Waals surface area contributed by atoms with Crippen molar-refractivity contribution in [3.8, 4) is 0 Å². The third-order valence-electron chi connectivity index (χ3n) is 2.59. The first-order valence-corrected chi connectivity index (χ1v) is 6.39. The number of aliphatic hydroxyl groups is 1. The van der Waals surface area contributed by atoms with Crippen molar-refractivity contribution in [2.75, 3.05) is 6.54 Å². The minimum absolute atomic E-state index is 0.110. The van der Waals surface area contributed by atoms with Crippen molar-refractivity contribution in [1.29, 1.82) is 0 Å². The maximum absolute atomic E-state index is 12.0. The Morgan fingerprint density at radius 2 is 1.70 bits per heavy atom. The molecule has 0 aliphatic rings. The second-order valence-corrected chi connectivity index (χ2v) is 5.02. The van der Waals surface area contributed by atoms with Gasteiger partial charge in [0, 0.05) is 0 Å². The molecule has 0 aliphatic carbocycles. The predicted molar refractivity (Wildman–Crippen MR) is 71.7 cm³/mol. The van der Waals surface area contributed by atoms with Crippen LogP contribution >= 0.6 is 0 Å². The number of carboxylic acids is 1. The van der Waals surface area contributed by atoms with Gasteiger partial charge in [-0.15, -0.1) is 0 Å². The number of carboxylic acid groups (broad SMARTS) is 1. The molecule has 2 amide bonds. The quantitative estimate of drug-likeness (QED) is 0.365. The predicted octanol–water partition coefficient (Wildman–Crippen LogP) is -1.57. The Morgan fingerprint density at radius 1 is 1.15 bits per heavy atom. The van der Waals surface area contributed by atoms with Gasteiger partial charge in [-0.1, -0.05) is 13.8 Å². The number of rotatable bonds is 8. The number of aliphatic hydroxyl groups excluding tert-OH is 1. The molecule has 116 valence electrons. The lowest BCUT2D eigenvalue weighted by molar-refractivity contribution is -0.145. The van der Waals surface area contributed by atoms with Gasteiger partial charge in [0.1, 0.15) is 6.04 Å². The number of nitrogens with two attached hydrogens (primary N) is 1. The second kappa shape index (κ2) is 8.49. The Hall–Kier alpha value is -1.67. The maximum atomic E-state index is 12.0. The summed E-state index contributed by atoms with van der Waals surface area (Å²) in [6.45, 7) is 4.71. The average molecular weight is 289 g/mol. The molecular formula is C12H23N3O5. The van der Waals surface area contributed by atoms with E-state index in [0.717, 1.165) is 0 Å². The molecular weight excluding hydrogens is 266 g/mol. The van der Waals surface area contributed by atoms with Crippen molar-refractivity contribution in [1.82, 2.24) is 10.6 Å². The van der Waals surface area contributed by atoms with Crippen LogP contribution in [0.1, 0.15) is 27.2 Å². The van der Waals surface area contributed by atoms with Gasteiger partial charge in [-0.3, -0.25) is 9.59 Å². The Balaban J connectivity index is 4.84. The summed E-state index contributed by atoms with van der Waals surface area (Å²) < 4.78 is 0. The number of amides is 2. The van der Waals surface area contributed by atoms with Crippen molar-refractivity contribution in [2.45, 2.75) is 45.4 Å². The molecule has 0 fully saturated rings. The Labute approximate surface area is 117 Å². The van der Waals surface area contributed by atoms with Gasteiger partial charge < -0.3 is 26.6 Å². The van der Waals surface area contributed by atoms with Crippen LogP contribution in [0.25, 0.3) is 0 Å². The largest absolute Gasteiger partial charge is 0.480 e. The fourth-order valence-electron chi connectivity index (χ4n) is 1.60. The minimum Gasteiger partial charge on any atom is -0.480 e. The van der Waals surface area contributed by atoms with Crippen molar-refractivity contribution < 1.29 is 24.6 Å². The van der Waals surface area contributed by atoms with Gasteiger partial charge in [0.05, 0.1) is 12.6 Å². The summed E-state index contributed by atoms with van der Waals surface area (Å²) in [5.41, 5.74) is 5.17. The summed E-state index contributed by atoms with van der Waals surface area (Å²) in [7, 11) is 0. The SMILES string of the molecule is CC(C)C[C@H](NC(=O)CN)C(=O)N[C@H](C(=O)O)[C@@H](C)O. The van der Waals surface area contributed by atoms with Crippen LogP contribution in [0, 0.1) is 5.92 Å². The number of aliphatic carboxylic acids is 1. The molecule has 6 N–H and O–H groups in total. The summed E-state index contributed by atoms with van der Waals surface area (Å²) >= 11 is 0. The Bertz CT molecular complexity index is 357. The van der Waals surface area contributed by atoms with Crippen LogP contribution < -0.4 is 16.4 Å². The lowest BCUT2D eigenvalue weighted by Crippen LogP contribution is -2.55. The fraction of sp³-hybridized carbons (Fsp3) is 0.750. The summed E-state index contributed by atoms with van der Waals surface area (Å²) in [4.78, 5) is 34.2. The molecule has 8 heteroatoms. The van der Waals surface area contributed by atoms with Gasteiger partial charge >= 0.3 is 5.97 Å². The summed E-state index contributed by atoms with van der Waals surface area (Å²) in [6.07, 6.45) is -0.912. The van der Waals surface area contributed by atoms with E-state index >= 15 is 0 Å². The van der Waals surface area contributed by atoms with E-state index in [2.05, 4.69) is 10.6 Å². The molecule has 3 atom stereocenters. The monoisotopic (exact) mass is 289 g/mol. The van der Waals surface area contributed by atoms with Crippen LogP contribution in [0.15, 0.2) is 0 Å². The van der Waals surface area contributed by atoms with Crippen molar-refractivity contribution in [3.63, 3.8) is 0 Å². The first kappa shape index (κ1) is 18.3. The molecule has 0 saturated carbocycles. The first-order valence-electron chi connectivity index (χ1n) is 6.39. The van der Waals surface area contributed by atoms with E-state index in [9.17, 15) is 19.5 Å². The zero-order valence-corrected chi connectivity index (χ0v) is 11.9. The van der Waals surface area contributed by atoms with E-state index in [1.54, 1.807) is 0 Å². The van der Waals surface area contributed by atoms with Crippen LogP contribution in [0.4, 0.5) is 0 Å². The van der Waals surface area contributed by atoms with E-state index in [4.69, 9.17) is 10.8 Å². The van der Waals surface area contributed by atoms with Crippen molar-refractivity contribution in [3.05, 3.63) is 0 Å². The zero-order valence-electron chi connectivity index (χ0n) is 11.9. The van der Waals surface area contributed by atoms with Crippen LogP contribution in [-0.2, 0) is 14.4 Å². The van der Waals surface area contributed by atoms with Gasteiger partial charge in [0.2, 0.25) is 11.8 Å². The van der Waals surface area contributed by atoms with Crippen LogP contribution in [0.2, 0.25) is 0 Å². The standard InChI is InChI=1S/C12H23N3O5/c1-6(2)4-8(14-9(17)5-13)11(18)15-10(7(3)16)12(19)20/h6-8,10,16H,4-5,13H2,1-3H3,(H,14,17)(H,15,18)(H,19,20)/t7-,8+,10+/m1/s1. The van der Waals surface area contributed by atoms with Gasteiger partial charge in [-0.05, 0) is 19.3 Å². The highest BCUT2D eigenvalue weighted by Gasteiger charge is 2.29. The first-order chi connectivity index (χ1) is 9.18. The molecule has 20 heavy (non-hydrogen) atoms. The molecule has 0 radical (unpaired) electrons. The van der Waals surface area contributed by atoms with Crippen LogP contribution in [0.3, 0.4) is 0 Å². The zero-order chi connectivity index (χ0) is 15.9. The Morgan fingerprint density at radius 3 is 2.05 bits per heavy atom. The molecule has 0 aromatic rings. The minimum atomic E-state index is -1.42. The second-order valence-electron chi connectivity index (χ2n) is 5.02. The van der Waals surface area contributed by atoms with Crippen LogP contribution in [0.5, 0.6) is 0 Å². The van der Waals surface area contributed by atoms with E-state index in [0.29, 0.717) is 6.42 Å². The molecule has 0 heterocycles. The molecule has 0 aliphatic heterocycles. The highest BCUT2D eigenvalue weighted by Crippen LogP contribution is 2.06. The number of hydrogen-bond donors (Lipinski definition) is 5. The van der Waals surface area contributed by atoms with Crippen LogP contribution in [-0.4, -0.2) is 52.7 Å². The summed E-state index contributed by atoms with van der Waals surface area (Å²) in [5, 5.41) is 22.9. The van der Waals surface area contributed by atoms with E-state index in [1.165, 1.54) is 6.92 Å².